The second kappa shape index (κ2) is 5.39. The van der Waals surface area contributed by atoms with Crippen LogP contribution < -0.4 is 10.1 Å². The number of hydrogen-bond donors (Lipinski definition) is 1. The lowest BCUT2D eigenvalue weighted by molar-refractivity contribution is 0.223. The number of nitrogens with one attached hydrogen (secondary N) is 1. The summed E-state index contributed by atoms with van der Waals surface area (Å²) in [5, 5.41) is 5.81. The van der Waals surface area contributed by atoms with Crippen molar-refractivity contribution in [3.63, 3.8) is 0 Å². The zero-order chi connectivity index (χ0) is 10.8. The van der Waals surface area contributed by atoms with Gasteiger partial charge in [0.1, 0.15) is 11.9 Å². The molecule has 1 unspecified atom stereocenters. The molecule has 2 nitrogen and oxygen atoms in total. The number of halogens is 1. The molecule has 0 amide bonds. The highest BCUT2D eigenvalue weighted by Gasteiger charge is 2.15. The van der Waals surface area contributed by atoms with Gasteiger partial charge in [-0.2, -0.15) is 0 Å². The van der Waals surface area contributed by atoms with Gasteiger partial charge in [-0.15, -0.1) is 12.4 Å². The van der Waals surface area contributed by atoms with E-state index < -0.39 is 0 Å². The number of hydrogen-bond acceptors (Lipinski definition) is 2. The topological polar surface area (TPSA) is 21.3 Å². The van der Waals surface area contributed by atoms with E-state index in [4.69, 9.17) is 4.74 Å². The molecule has 1 N–H and O–H groups in total. The van der Waals surface area contributed by atoms with Crippen molar-refractivity contribution in [2.45, 2.75) is 12.5 Å². The Bertz CT molecular complexity index is 494. The molecule has 0 spiro atoms. The Labute approximate surface area is 107 Å². The smallest absolute Gasteiger partial charge is 0.120 e. The van der Waals surface area contributed by atoms with E-state index in [0.29, 0.717) is 6.10 Å². The van der Waals surface area contributed by atoms with E-state index in [-0.39, 0.29) is 12.4 Å². The highest BCUT2D eigenvalue weighted by atomic mass is 35.5. The molecule has 0 aliphatic carbocycles. The number of fused-ring (bicyclic) bond motifs is 1. The van der Waals surface area contributed by atoms with E-state index in [9.17, 15) is 0 Å². The summed E-state index contributed by atoms with van der Waals surface area (Å²) in [5.74, 6) is 0.979. The van der Waals surface area contributed by atoms with Crippen LogP contribution in [0.1, 0.15) is 6.42 Å². The van der Waals surface area contributed by atoms with Gasteiger partial charge in [-0.1, -0.05) is 30.3 Å². The molecule has 1 atom stereocenters. The summed E-state index contributed by atoms with van der Waals surface area (Å²) in [7, 11) is 0. The summed E-state index contributed by atoms with van der Waals surface area (Å²) in [6.07, 6.45) is 1.44. The molecular formula is C14H16ClNO. The Morgan fingerprint density at radius 3 is 2.65 bits per heavy atom. The fourth-order valence-corrected chi connectivity index (χ4v) is 2.16. The Morgan fingerprint density at radius 2 is 1.88 bits per heavy atom. The molecular weight excluding hydrogens is 234 g/mol. The van der Waals surface area contributed by atoms with Crippen molar-refractivity contribution in [1.82, 2.24) is 5.32 Å². The maximum atomic E-state index is 5.92. The number of ether oxygens (including phenoxy) is 1. The molecule has 0 bridgehead atoms. The van der Waals surface area contributed by atoms with Crippen LogP contribution in [-0.4, -0.2) is 19.2 Å². The minimum Gasteiger partial charge on any atom is -0.489 e. The van der Waals surface area contributed by atoms with Crippen LogP contribution >= 0.6 is 12.4 Å². The summed E-state index contributed by atoms with van der Waals surface area (Å²) in [5.41, 5.74) is 0. The van der Waals surface area contributed by atoms with Crippen LogP contribution in [0, 0.1) is 0 Å². The normalized spacial score (nSPS) is 18.9. The van der Waals surface area contributed by atoms with Gasteiger partial charge in [0.15, 0.2) is 0 Å². The highest BCUT2D eigenvalue weighted by Crippen LogP contribution is 2.22. The van der Waals surface area contributed by atoms with E-state index in [1.54, 1.807) is 0 Å². The third kappa shape index (κ3) is 2.71. The predicted octanol–water partition coefficient (Wildman–Crippen LogP) is 3.00. The van der Waals surface area contributed by atoms with E-state index in [1.165, 1.54) is 10.8 Å². The van der Waals surface area contributed by atoms with Crippen LogP contribution in [0.5, 0.6) is 5.75 Å². The third-order valence-electron chi connectivity index (χ3n) is 3.04. The van der Waals surface area contributed by atoms with E-state index in [0.717, 1.165) is 25.3 Å². The van der Waals surface area contributed by atoms with Crippen LogP contribution in [-0.2, 0) is 0 Å². The zero-order valence-electron chi connectivity index (χ0n) is 9.56. The van der Waals surface area contributed by atoms with Crippen LogP contribution in [0.3, 0.4) is 0 Å². The van der Waals surface area contributed by atoms with Crippen LogP contribution in [0.4, 0.5) is 0 Å². The van der Waals surface area contributed by atoms with Crippen molar-refractivity contribution in [3.05, 3.63) is 42.5 Å². The molecule has 17 heavy (non-hydrogen) atoms. The summed E-state index contributed by atoms with van der Waals surface area (Å²) in [4.78, 5) is 0. The van der Waals surface area contributed by atoms with Gasteiger partial charge in [-0.05, 0) is 35.9 Å². The van der Waals surface area contributed by atoms with Crippen molar-refractivity contribution in [3.8, 4) is 5.75 Å². The Hall–Kier alpha value is -1.25. The Morgan fingerprint density at radius 1 is 1.06 bits per heavy atom. The molecule has 3 rings (SSSR count). The quantitative estimate of drug-likeness (QED) is 0.884. The molecule has 1 aliphatic rings. The molecule has 90 valence electrons. The SMILES string of the molecule is Cl.c1ccc2cc(OC3CCNC3)ccc2c1. The van der Waals surface area contributed by atoms with Crippen LogP contribution in [0.25, 0.3) is 10.8 Å². The molecule has 1 aliphatic heterocycles. The first-order valence-corrected chi connectivity index (χ1v) is 5.78. The van der Waals surface area contributed by atoms with Crippen LogP contribution in [0.2, 0.25) is 0 Å². The molecule has 3 heteroatoms. The van der Waals surface area contributed by atoms with Crippen molar-refractivity contribution < 1.29 is 4.74 Å². The van der Waals surface area contributed by atoms with Gasteiger partial charge in [-0.3, -0.25) is 0 Å². The molecule has 2 aromatic rings. The molecule has 2 aromatic carbocycles. The second-order valence-corrected chi connectivity index (χ2v) is 4.24. The molecule has 1 heterocycles. The van der Waals surface area contributed by atoms with Gasteiger partial charge < -0.3 is 10.1 Å². The zero-order valence-corrected chi connectivity index (χ0v) is 10.4. The van der Waals surface area contributed by atoms with Gasteiger partial charge in [0.25, 0.3) is 0 Å². The van der Waals surface area contributed by atoms with Gasteiger partial charge in [-0.25, -0.2) is 0 Å². The fourth-order valence-electron chi connectivity index (χ4n) is 2.16. The maximum absolute atomic E-state index is 5.92. The van der Waals surface area contributed by atoms with Gasteiger partial charge >= 0.3 is 0 Å². The van der Waals surface area contributed by atoms with E-state index in [1.807, 2.05) is 0 Å². The van der Waals surface area contributed by atoms with E-state index in [2.05, 4.69) is 47.8 Å². The summed E-state index contributed by atoms with van der Waals surface area (Å²) < 4.78 is 5.92. The van der Waals surface area contributed by atoms with Gasteiger partial charge in [0.2, 0.25) is 0 Å². The van der Waals surface area contributed by atoms with E-state index >= 15 is 0 Å². The number of benzene rings is 2. The largest absolute Gasteiger partial charge is 0.489 e. The predicted molar refractivity (Wildman–Crippen MR) is 73.1 cm³/mol. The third-order valence-corrected chi connectivity index (χ3v) is 3.04. The maximum Gasteiger partial charge on any atom is 0.120 e. The Kier molecular flexibility index (Phi) is 3.87. The van der Waals surface area contributed by atoms with Crippen LogP contribution in [0.15, 0.2) is 42.5 Å². The minimum atomic E-state index is 0. The summed E-state index contributed by atoms with van der Waals surface area (Å²) in [6.45, 7) is 2.03. The monoisotopic (exact) mass is 249 g/mol. The van der Waals surface area contributed by atoms with Crippen molar-refractivity contribution in [2.75, 3.05) is 13.1 Å². The van der Waals surface area contributed by atoms with Crippen molar-refractivity contribution in [1.29, 1.82) is 0 Å². The minimum absolute atomic E-state index is 0. The molecule has 0 aromatic heterocycles. The molecule has 0 radical (unpaired) electrons. The first-order valence-electron chi connectivity index (χ1n) is 5.78. The van der Waals surface area contributed by atoms with Gasteiger partial charge in [0, 0.05) is 6.54 Å². The molecule has 1 saturated heterocycles. The molecule has 1 fully saturated rings. The summed E-state index contributed by atoms with van der Waals surface area (Å²) >= 11 is 0. The first-order chi connectivity index (χ1) is 7.92. The van der Waals surface area contributed by atoms with Gasteiger partial charge in [0.05, 0.1) is 0 Å². The lowest BCUT2D eigenvalue weighted by atomic mass is 10.1. The average molecular weight is 250 g/mol. The fraction of sp³-hybridized carbons (Fsp3) is 0.286. The lowest BCUT2D eigenvalue weighted by Gasteiger charge is -2.12. The number of rotatable bonds is 2. The Balaban J connectivity index is 0.00000108. The average Bonchev–Trinajstić information content (AvgIpc) is 2.82. The van der Waals surface area contributed by atoms with Crippen molar-refractivity contribution >= 4 is 23.2 Å². The highest BCUT2D eigenvalue weighted by molar-refractivity contribution is 5.85. The lowest BCUT2D eigenvalue weighted by Crippen LogP contribution is -2.19. The summed E-state index contributed by atoms with van der Waals surface area (Å²) in [6, 6.07) is 14.7. The van der Waals surface area contributed by atoms with Crippen molar-refractivity contribution in [2.24, 2.45) is 0 Å². The standard InChI is InChI=1S/C14H15NO.ClH/c1-2-4-12-9-13(6-5-11(12)3-1)16-14-7-8-15-10-14;/h1-6,9,14-15H,7-8,10H2;1H. The molecule has 0 saturated carbocycles. The second-order valence-electron chi connectivity index (χ2n) is 4.24. The first kappa shape index (κ1) is 12.2.